The number of hydrogen-bond acceptors (Lipinski definition) is 4. The average molecular weight is 292 g/mol. The minimum absolute atomic E-state index is 0.0331. The normalized spacial score (nSPS) is 17.6. The fraction of sp³-hybridized carbons (Fsp3) is 0.357. The predicted octanol–water partition coefficient (Wildman–Crippen LogP) is 1.46. The third-order valence-electron chi connectivity index (χ3n) is 3.15. The van der Waals surface area contributed by atoms with Gasteiger partial charge in [0.2, 0.25) is 11.8 Å². The smallest absolute Gasteiger partial charge is 0.240 e. The third kappa shape index (κ3) is 2.70. The van der Waals surface area contributed by atoms with Gasteiger partial charge in [-0.15, -0.1) is 11.8 Å². The number of thioether (sulfide) groups is 1. The first-order valence-electron chi connectivity index (χ1n) is 6.27. The van der Waals surface area contributed by atoms with E-state index in [2.05, 4.69) is 5.32 Å². The van der Waals surface area contributed by atoms with Gasteiger partial charge in [0.05, 0.1) is 10.9 Å². The van der Waals surface area contributed by atoms with Crippen molar-refractivity contribution >= 4 is 35.0 Å². The van der Waals surface area contributed by atoms with Crippen LogP contribution in [0.25, 0.3) is 0 Å². The van der Waals surface area contributed by atoms with Gasteiger partial charge in [0, 0.05) is 17.5 Å². The third-order valence-corrected chi connectivity index (χ3v) is 4.31. The SMILES string of the molecule is CNC(=O)CN1C(=O)C(C)Sc2ccc(C(C)=O)cc21. The van der Waals surface area contributed by atoms with Crippen molar-refractivity contribution in [1.82, 2.24) is 5.32 Å². The second-order valence-electron chi connectivity index (χ2n) is 4.60. The van der Waals surface area contributed by atoms with Gasteiger partial charge in [-0.1, -0.05) is 6.07 Å². The number of Topliss-reactive ketones (excluding diaryl/α,β-unsaturated/α-hetero) is 1. The van der Waals surface area contributed by atoms with Crippen molar-refractivity contribution in [2.24, 2.45) is 0 Å². The van der Waals surface area contributed by atoms with Gasteiger partial charge in [-0.2, -0.15) is 0 Å². The number of amides is 2. The Balaban J connectivity index is 2.46. The van der Waals surface area contributed by atoms with Crippen LogP contribution in [0.15, 0.2) is 23.1 Å². The van der Waals surface area contributed by atoms with Gasteiger partial charge in [-0.3, -0.25) is 14.4 Å². The first-order valence-corrected chi connectivity index (χ1v) is 7.15. The van der Waals surface area contributed by atoms with Gasteiger partial charge in [0.25, 0.3) is 0 Å². The number of carbonyl (C=O) groups excluding carboxylic acids is 3. The van der Waals surface area contributed by atoms with Crippen LogP contribution in [0.2, 0.25) is 0 Å². The van der Waals surface area contributed by atoms with Crippen molar-refractivity contribution in [1.29, 1.82) is 0 Å². The molecule has 106 valence electrons. The summed E-state index contributed by atoms with van der Waals surface area (Å²) in [4.78, 5) is 37.7. The highest BCUT2D eigenvalue weighted by atomic mass is 32.2. The predicted molar refractivity (Wildman–Crippen MR) is 78.2 cm³/mol. The summed E-state index contributed by atoms with van der Waals surface area (Å²) in [5, 5.41) is 2.27. The Kier molecular flexibility index (Phi) is 4.13. The molecule has 2 rings (SSSR count). The molecule has 0 saturated heterocycles. The van der Waals surface area contributed by atoms with Crippen LogP contribution in [0.4, 0.5) is 5.69 Å². The number of hydrogen-bond donors (Lipinski definition) is 1. The van der Waals surface area contributed by atoms with E-state index < -0.39 is 0 Å². The molecule has 1 heterocycles. The lowest BCUT2D eigenvalue weighted by Crippen LogP contribution is -2.45. The zero-order chi connectivity index (χ0) is 14.9. The Morgan fingerprint density at radius 3 is 2.70 bits per heavy atom. The fourth-order valence-corrected chi connectivity index (χ4v) is 3.06. The second-order valence-corrected chi connectivity index (χ2v) is 5.98. The number of carbonyl (C=O) groups is 3. The van der Waals surface area contributed by atoms with E-state index in [9.17, 15) is 14.4 Å². The number of ketones is 1. The number of likely N-dealkylation sites (N-methyl/N-ethyl adjacent to an activating group) is 1. The molecule has 0 radical (unpaired) electrons. The van der Waals surface area contributed by atoms with Crippen LogP contribution in [0.5, 0.6) is 0 Å². The van der Waals surface area contributed by atoms with E-state index in [-0.39, 0.29) is 29.4 Å². The molecule has 1 aromatic carbocycles. The largest absolute Gasteiger partial charge is 0.358 e. The van der Waals surface area contributed by atoms with E-state index in [1.54, 1.807) is 12.1 Å². The van der Waals surface area contributed by atoms with Crippen molar-refractivity contribution in [3.63, 3.8) is 0 Å². The van der Waals surface area contributed by atoms with Gasteiger partial charge < -0.3 is 10.2 Å². The maximum absolute atomic E-state index is 12.3. The first-order chi connectivity index (χ1) is 9.43. The molecule has 1 aliphatic heterocycles. The molecule has 5 nitrogen and oxygen atoms in total. The molecule has 0 aromatic heterocycles. The number of nitrogens with zero attached hydrogens (tertiary/aromatic N) is 1. The molecule has 1 unspecified atom stereocenters. The van der Waals surface area contributed by atoms with Crippen LogP contribution in [-0.2, 0) is 9.59 Å². The Bertz CT molecular complexity index is 586. The van der Waals surface area contributed by atoms with Crippen LogP contribution in [0.1, 0.15) is 24.2 Å². The van der Waals surface area contributed by atoms with Crippen LogP contribution in [0, 0.1) is 0 Å². The Labute approximate surface area is 121 Å². The average Bonchev–Trinajstić information content (AvgIpc) is 2.43. The van der Waals surface area contributed by atoms with Crippen LogP contribution >= 0.6 is 11.8 Å². The van der Waals surface area contributed by atoms with Crippen molar-refractivity contribution in [3.8, 4) is 0 Å². The monoisotopic (exact) mass is 292 g/mol. The van der Waals surface area contributed by atoms with Crippen molar-refractivity contribution in [2.75, 3.05) is 18.5 Å². The van der Waals surface area contributed by atoms with E-state index in [1.807, 2.05) is 13.0 Å². The number of rotatable bonds is 3. The van der Waals surface area contributed by atoms with Crippen LogP contribution in [-0.4, -0.2) is 36.4 Å². The summed E-state index contributed by atoms with van der Waals surface area (Å²) < 4.78 is 0. The van der Waals surface area contributed by atoms with Crippen LogP contribution in [0.3, 0.4) is 0 Å². The molecule has 20 heavy (non-hydrogen) atoms. The lowest BCUT2D eigenvalue weighted by Gasteiger charge is -2.32. The molecular weight excluding hydrogens is 276 g/mol. The van der Waals surface area contributed by atoms with Gasteiger partial charge >= 0.3 is 0 Å². The van der Waals surface area contributed by atoms with Gasteiger partial charge in [0.1, 0.15) is 6.54 Å². The molecule has 0 bridgehead atoms. The van der Waals surface area contributed by atoms with Gasteiger partial charge in [-0.05, 0) is 26.0 Å². The summed E-state index contributed by atoms with van der Waals surface area (Å²) in [6, 6.07) is 5.25. The van der Waals surface area contributed by atoms with E-state index in [0.29, 0.717) is 11.3 Å². The highest BCUT2D eigenvalue weighted by Gasteiger charge is 2.32. The van der Waals surface area contributed by atoms with E-state index in [0.717, 1.165) is 4.90 Å². The molecule has 1 aromatic rings. The second kappa shape index (κ2) is 5.66. The molecule has 0 saturated carbocycles. The van der Waals surface area contributed by atoms with Crippen molar-refractivity contribution < 1.29 is 14.4 Å². The highest BCUT2D eigenvalue weighted by Crippen LogP contribution is 2.39. The zero-order valence-electron chi connectivity index (χ0n) is 11.6. The minimum Gasteiger partial charge on any atom is -0.358 e. The molecule has 1 N–H and O–H groups in total. The summed E-state index contributed by atoms with van der Waals surface area (Å²) in [5.74, 6) is -0.424. The summed E-state index contributed by atoms with van der Waals surface area (Å²) in [7, 11) is 1.53. The topological polar surface area (TPSA) is 66.5 Å². The number of benzene rings is 1. The summed E-state index contributed by atoms with van der Waals surface area (Å²) in [6.45, 7) is 3.26. The molecule has 1 atom stereocenters. The zero-order valence-corrected chi connectivity index (χ0v) is 12.4. The Morgan fingerprint density at radius 1 is 1.40 bits per heavy atom. The molecule has 0 fully saturated rings. The molecule has 2 amide bonds. The van der Waals surface area contributed by atoms with E-state index in [1.165, 1.54) is 30.6 Å². The molecule has 0 spiro atoms. The Morgan fingerprint density at radius 2 is 2.10 bits per heavy atom. The fourth-order valence-electron chi connectivity index (χ4n) is 2.01. The van der Waals surface area contributed by atoms with Gasteiger partial charge in [-0.25, -0.2) is 0 Å². The lowest BCUT2D eigenvalue weighted by molar-refractivity contribution is -0.123. The highest BCUT2D eigenvalue weighted by molar-refractivity contribution is 8.01. The number of anilines is 1. The maximum atomic E-state index is 12.3. The van der Waals surface area contributed by atoms with E-state index in [4.69, 9.17) is 0 Å². The lowest BCUT2D eigenvalue weighted by atomic mass is 10.1. The maximum Gasteiger partial charge on any atom is 0.240 e. The molecule has 0 aliphatic carbocycles. The molecule has 1 aliphatic rings. The van der Waals surface area contributed by atoms with Crippen molar-refractivity contribution in [3.05, 3.63) is 23.8 Å². The Hall–Kier alpha value is -1.82. The molecular formula is C14H16N2O3S. The summed E-state index contributed by atoms with van der Waals surface area (Å²) in [5.41, 5.74) is 1.17. The summed E-state index contributed by atoms with van der Waals surface area (Å²) in [6.07, 6.45) is 0. The standard InChI is InChI=1S/C14H16N2O3S/c1-8(17)10-4-5-12-11(6-10)16(7-13(18)15-3)14(19)9(2)20-12/h4-6,9H,7H2,1-3H3,(H,15,18). The van der Waals surface area contributed by atoms with Crippen LogP contribution < -0.4 is 10.2 Å². The number of nitrogens with one attached hydrogen (secondary N) is 1. The van der Waals surface area contributed by atoms with E-state index >= 15 is 0 Å². The molecule has 6 heteroatoms. The first kappa shape index (κ1) is 14.6. The number of fused-ring (bicyclic) bond motifs is 1. The minimum atomic E-state index is -0.240. The summed E-state index contributed by atoms with van der Waals surface area (Å²) >= 11 is 1.44. The quantitative estimate of drug-likeness (QED) is 0.857. The van der Waals surface area contributed by atoms with Crippen molar-refractivity contribution in [2.45, 2.75) is 24.0 Å². The van der Waals surface area contributed by atoms with Gasteiger partial charge in [0.15, 0.2) is 5.78 Å².